The highest BCUT2D eigenvalue weighted by atomic mass is 79.9. The molecule has 0 nitrogen and oxygen atoms in total. The lowest BCUT2D eigenvalue weighted by Gasteiger charge is -2.15. The minimum absolute atomic E-state index is 0.168. The maximum atomic E-state index is 12.9. The van der Waals surface area contributed by atoms with Gasteiger partial charge in [-0.25, -0.2) is 4.39 Å². The Labute approximate surface area is 129 Å². The first-order valence-electron chi connectivity index (χ1n) is 6.95. The van der Waals surface area contributed by atoms with Crippen LogP contribution in [-0.4, -0.2) is 5.33 Å². The number of hydrogen-bond acceptors (Lipinski definition) is 0. The van der Waals surface area contributed by atoms with Crippen LogP contribution in [0.5, 0.6) is 0 Å². The number of aryl methyl sites for hydroxylation is 2. The van der Waals surface area contributed by atoms with Gasteiger partial charge in [0.25, 0.3) is 0 Å². The van der Waals surface area contributed by atoms with Gasteiger partial charge in [-0.15, -0.1) is 0 Å². The van der Waals surface area contributed by atoms with E-state index >= 15 is 0 Å². The zero-order chi connectivity index (χ0) is 14.5. The Bertz CT molecular complexity index is 560. The average molecular weight is 335 g/mol. The first kappa shape index (κ1) is 15.2. The maximum Gasteiger partial charge on any atom is 0.123 e. The van der Waals surface area contributed by atoms with Crippen LogP contribution in [0.15, 0.2) is 42.5 Å². The van der Waals surface area contributed by atoms with Crippen LogP contribution in [0.2, 0.25) is 0 Å². The SMILES string of the molecule is Cc1ccc(CC(CBr)Cc2ccc(F)cc2)cc1C. The molecular weight excluding hydrogens is 315 g/mol. The summed E-state index contributed by atoms with van der Waals surface area (Å²) in [6, 6.07) is 13.5. The quantitative estimate of drug-likeness (QED) is 0.656. The fourth-order valence-electron chi connectivity index (χ4n) is 2.40. The Hall–Kier alpha value is -1.15. The third-order valence-electron chi connectivity index (χ3n) is 3.75. The molecule has 0 radical (unpaired) electrons. The molecule has 0 aromatic heterocycles. The van der Waals surface area contributed by atoms with Crippen molar-refractivity contribution >= 4 is 15.9 Å². The monoisotopic (exact) mass is 334 g/mol. The average Bonchev–Trinajstić information content (AvgIpc) is 2.44. The summed E-state index contributed by atoms with van der Waals surface area (Å²) in [5.41, 5.74) is 5.25. The lowest BCUT2D eigenvalue weighted by atomic mass is 9.93. The largest absolute Gasteiger partial charge is 0.207 e. The normalized spacial score (nSPS) is 12.4. The maximum absolute atomic E-state index is 12.9. The summed E-state index contributed by atoms with van der Waals surface area (Å²) in [5, 5.41) is 0.956. The standard InChI is InChI=1S/C18H20BrF/c1-13-3-4-16(9-14(13)2)11-17(12-19)10-15-5-7-18(20)8-6-15/h3-9,17H,10-12H2,1-2H3. The van der Waals surface area contributed by atoms with Gasteiger partial charge in [-0.05, 0) is 67.0 Å². The molecule has 0 N–H and O–H groups in total. The molecule has 0 bridgehead atoms. The van der Waals surface area contributed by atoms with Crippen molar-refractivity contribution in [3.8, 4) is 0 Å². The predicted octanol–water partition coefficient (Wildman–Crippen LogP) is 5.24. The predicted molar refractivity (Wildman–Crippen MR) is 87.0 cm³/mol. The zero-order valence-corrected chi connectivity index (χ0v) is 13.6. The van der Waals surface area contributed by atoms with Crippen molar-refractivity contribution in [1.29, 1.82) is 0 Å². The molecule has 2 aromatic carbocycles. The van der Waals surface area contributed by atoms with Gasteiger partial charge in [-0.1, -0.05) is 46.3 Å². The van der Waals surface area contributed by atoms with Gasteiger partial charge in [0, 0.05) is 5.33 Å². The van der Waals surface area contributed by atoms with E-state index in [-0.39, 0.29) is 5.82 Å². The van der Waals surface area contributed by atoms with E-state index in [1.54, 1.807) is 0 Å². The van der Waals surface area contributed by atoms with E-state index in [1.165, 1.54) is 34.4 Å². The van der Waals surface area contributed by atoms with Gasteiger partial charge in [-0.3, -0.25) is 0 Å². The van der Waals surface area contributed by atoms with Crippen LogP contribution in [0.3, 0.4) is 0 Å². The van der Waals surface area contributed by atoms with Crippen LogP contribution < -0.4 is 0 Å². The van der Waals surface area contributed by atoms with E-state index in [0.29, 0.717) is 5.92 Å². The molecule has 0 fully saturated rings. The third kappa shape index (κ3) is 4.17. The molecule has 1 unspecified atom stereocenters. The van der Waals surface area contributed by atoms with Crippen molar-refractivity contribution in [2.24, 2.45) is 5.92 Å². The van der Waals surface area contributed by atoms with E-state index in [9.17, 15) is 4.39 Å². The van der Waals surface area contributed by atoms with E-state index < -0.39 is 0 Å². The summed E-state index contributed by atoms with van der Waals surface area (Å²) in [6.07, 6.45) is 2.02. The molecule has 0 aliphatic carbocycles. The zero-order valence-electron chi connectivity index (χ0n) is 12.0. The topological polar surface area (TPSA) is 0 Å². The van der Waals surface area contributed by atoms with Crippen LogP contribution in [-0.2, 0) is 12.8 Å². The second-order valence-corrected chi connectivity index (χ2v) is 6.12. The summed E-state index contributed by atoms with van der Waals surface area (Å²) in [6.45, 7) is 4.29. The third-order valence-corrected chi connectivity index (χ3v) is 4.67. The van der Waals surface area contributed by atoms with E-state index in [4.69, 9.17) is 0 Å². The van der Waals surface area contributed by atoms with Crippen LogP contribution in [0.25, 0.3) is 0 Å². The Morgan fingerprint density at radius 1 is 0.900 bits per heavy atom. The van der Waals surface area contributed by atoms with Crippen LogP contribution >= 0.6 is 15.9 Å². The van der Waals surface area contributed by atoms with Gasteiger partial charge >= 0.3 is 0 Å². The first-order chi connectivity index (χ1) is 9.58. The van der Waals surface area contributed by atoms with Crippen molar-refractivity contribution < 1.29 is 4.39 Å². The Kier molecular flexibility index (Phi) is 5.36. The minimum atomic E-state index is -0.168. The fourth-order valence-corrected chi connectivity index (χ4v) is 2.86. The fraction of sp³-hybridized carbons (Fsp3) is 0.333. The molecule has 106 valence electrons. The number of hydrogen-bond donors (Lipinski definition) is 0. The molecular formula is C18H20BrF. The highest BCUT2D eigenvalue weighted by molar-refractivity contribution is 9.09. The van der Waals surface area contributed by atoms with Gasteiger partial charge in [0.2, 0.25) is 0 Å². The number of alkyl halides is 1. The van der Waals surface area contributed by atoms with Gasteiger partial charge in [-0.2, -0.15) is 0 Å². The van der Waals surface area contributed by atoms with Gasteiger partial charge in [0.15, 0.2) is 0 Å². The van der Waals surface area contributed by atoms with Crippen molar-refractivity contribution in [2.45, 2.75) is 26.7 Å². The summed E-state index contributed by atoms with van der Waals surface area (Å²) < 4.78 is 12.9. The van der Waals surface area contributed by atoms with E-state index in [2.05, 4.69) is 48.0 Å². The van der Waals surface area contributed by atoms with Crippen molar-refractivity contribution in [3.63, 3.8) is 0 Å². The molecule has 0 saturated carbocycles. The van der Waals surface area contributed by atoms with Crippen molar-refractivity contribution in [1.82, 2.24) is 0 Å². The number of rotatable bonds is 5. The molecule has 20 heavy (non-hydrogen) atoms. The summed E-state index contributed by atoms with van der Waals surface area (Å²) >= 11 is 3.60. The molecule has 2 rings (SSSR count). The summed E-state index contributed by atoms with van der Waals surface area (Å²) in [4.78, 5) is 0. The summed E-state index contributed by atoms with van der Waals surface area (Å²) in [7, 11) is 0. The molecule has 0 amide bonds. The Morgan fingerprint density at radius 3 is 2.10 bits per heavy atom. The van der Waals surface area contributed by atoms with Crippen molar-refractivity contribution in [3.05, 3.63) is 70.5 Å². The number of benzene rings is 2. The first-order valence-corrected chi connectivity index (χ1v) is 8.07. The minimum Gasteiger partial charge on any atom is -0.207 e. The second kappa shape index (κ2) is 7.03. The molecule has 2 aromatic rings. The summed E-state index contributed by atoms with van der Waals surface area (Å²) in [5.74, 6) is 0.362. The van der Waals surface area contributed by atoms with Gasteiger partial charge in [0.1, 0.15) is 5.82 Å². The second-order valence-electron chi connectivity index (χ2n) is 5.47. The van der Waals surface area contributed by atoms with Crippen molar-refractivity contribution in [2.75, 3.05) is 5.33 Å². The van der Waals surface area contributed by atoms with Crippen LogP contribution in [0.1, 0.15) is 22.3 Å². The smallest absolute Gasteiger partial charge is 0.123 e. The molecule has 1 atom stereocenters. The molecule has 2 heteroatoms. The van der Waals surface area contributed by atoms with Gasteiger partial charge in [0.05, 0.1) is 0 Å². The van der Waals surface area contributed by atoms with Gasteiger partial charge < -0.3 is 0 Å². The number of halogens is 2. The van der Waals surface area contributed by atoms with Crippen LogP contribution in [0.4, 0.5) is 4.39 Å². The lowest BCUT2D eigenvalue weighted by Crippen LogP contribution is -2.10. The highest BCUT2D eigenvalue weighted by Crippen LogP contribution is 2.19. The molecule has 0 saturated heterocycles. The molecule has 0 spiro atoms. The van der Waals surface area contributed by atoms with Crippen LogP contribution in [0, 0.1) is 25.6 Å². The molecule has 0 aliphatic rings. The van der Waals surface area contributed by atoms with E-state index in [0.717, 1.165) is 18.2 Å². The Morgan fingerprint density at radius 2 is 1.50 bits per heavy atom. The highest BCUT2D eigenvalue weighted by Gasteiger charge is 2.10. The molecule has 0 aliphatic heterocycles. The van der Waals surface area contributed by atoms with E-state index in [1.807, 2.05) is 12.1 Å². The Balaban J connectivity index is 2.04. The molecule has 0 heterocycles. The lowest BCUT2D eigenvalue weighted by molar-refractivity contribution is 0.587.